The number of hydrogen-bond acceptors (Lipinski definition) is 18. The Labute approximate surface area is 487 Å². The van der Waals surface area contributed by atoms with Gasteiger partial charge in [-0.3, -0.25) is 33.6 Å². The number of Topliss-reactive ketones (excluding diaryl/α,β-unsaturated/α-hetero) is 7. The number of nitrogens with zero attached hydrogens (tertiary/aromatic N) is 1. The molecule has 0 saturated heterocycles. The van der Waals surface area contributed by atoms with Gasteiger partial charge in [0.15, 0.2) is 45.2 Å². The summed E-state index contributed by atoms with van der Waals surface area (Å²) in [6.45, 7) is 22.5. The van der Waals surface area contributed by atoms with Gasteiger partial charge in [0, 0.05) is 37.5 Å². The molecular weight excluding hydrogens is 1070 g/mol. The molecule has 1 saturated carbocycles. The standard InChI is InChI=1S/C11H14O2.2C9H10O2.C9H10OS.C8H9NO2.C7H12O3.C7H12O2.C3H6OS/c1-9(12)11(2,3)13-10-7-5-4-6-8-10;1-8(10)7-11-9-5-3-2-4-6-9;1-2-11-9(10)8-6-4-3-5-7-8;1-8(10)7-11-9-5-3-2-4-6-9;1-5(10)7-4-9-11-8(7)6-2-3-6;1-5(8)7(3,4)10-6(2)9;1-6(8)4-3-5-7(2)9;1-3(4)5-2/h4-8H,1-3H3;2-6H,7H2,1H3;3-7H,2H2,1H3;2-6H,7H2,1H3;4,6H,2-3H2,1H3;1-4H3;3-5H2,1-2H3;1-2H3. The second kappa shape index (κ2) is 43.5. The third kappa shape index (κ3) is 42.3. The van der Waals surface area contributed by atoms with E-state index in [2.05, 4.69) is 5.16 Å². The van der Waals surface area contributed by atoms with E-state index >= 15 is 0 Å². The van der Waals surface area contributed by atoms with Crippen LogP contribution in [0.25, 0.3) is 0 Å². The molecule has 6 rings (SSSR count). The first-order chi connectivity index (χ1) is 38.0. The molecule has 1 aromatic heterocycles. The maximum absolute atomic E-state index is 11.1. The highest BCUT2D eigenvalue weighted by molar-refractivity contribution is 8.13. The molecule has 1 aliphatic carbocycles. The second-order valence-electron chi connectivity index (χ2n) is 18.7. The van der Waals surface area contributed by atoms with Crippen molar-refractivity contribution in [3.05, 3.63) is 144 Å². The van der Waals surface area contributed by atoms with Crippen LogP contribution in [0.4, 0.5) is 0 Å². The number of para-hydroxylation sites is 2. The molecule has 0 N–H and O–H groups in total. The summed E-state index contributed by atoms with van der Waals surface area (Å²) in [5.74, 6) is 3.12. The number of thioether (sulfide) groups is 2. The summed E-state index contributed by atoms with van der Waals surface area (Å²) in [5, 5.41) is 3.78. The number of carbonyl (C=O) groups excluding carboxylic acids is 10. The monoisotopic (exact) mass is 1160 g/mol. The lowest BCUT2D eigenvalue weighted by molar-refractivity contribution is -0.160. The van der Waals surface area contributed by atoms with Gasteiger partial charge in [-0.15, -0.1) is 11.8 Å². The van der Waals surface area contributed by atoms with E-state index < -0.39 is 17.2 Å². The summed E-state index contributed by atoms with van der Waals surface area (Å²) in [6.07, 6.45) is 7.34. The van der Waals surface area contributed by atoms with Crippen LogP contribution in [0.5, 0.6) is 11.5 Å². The lowest BCUT2D eigenvalue weighted by Gasteiger charge is -2.23. The van der Waals surface area contributed by atoms with E-state index in [-0.39, 0.29) is 58.2 Å². The molecule has 0 spiro atoms. The van der Waals surface area contributed by atoms with Crippen LogP contribution in [-0.4, -0.2) is 99.1 Å². The third-order valence-electron chi connectivity index (χ3n) is 10.1. The van der Waals surface area contributed by atoms with Crippen molar-refractivity contribution >= 4 is 81.1 Å². The molecule has 81 heavy (non-hydrogen) atoms. The van der Waals surface area contributed by atoms with Crippen molar-refractivity contribution in [2.75, 3.05) is 25.2 Å². The predicted octanol–water partition coefficient (Wildman–Crippen LogP) is 13.2. The van der Waals surface area contributed by atoms with Gasteiger partial charge in [-0.2, -0.15) is 0 Å². The smallest absolute Gasteiger partial charge is 0.338 e. The Morgan fingerprint density at radius 3 is 1.40 bits per heavy atom. The SMILES string of the molecule is CC(=O)C(C)(C)Oc1ccccc1.CC(=O)CCCC(C)=O.CC(=O)COc1ccccc1.CC(=O)CSc1ccccc1.CC(=O)OC(C)(C)C(C)=O.CC(=O)c1cnoc1C1CC1.CCOC(=O)c1ccccc1.CSC(C)=O. The summed E-state index contributed by atoms with van der Waals surface area (Å²) >= 11 is 2.82. The van der Waals surface area contributed by atoms with Crippen LogP contribution in [0, 0.1) is 0 Å². The minimum absolute atomic E-state index is 0.0244. The Kier molecular flexibility index (Phi) is 40.7. The lowest BCUT2D eigenvalue weighted by atomic mass is 10.1. The van der Waals surface area contributed by atoms with Crippen molar-refractivity contribution in [2.45, 2.75) is 151 Å². The zero-order valence-electron chi connectivity index (χ0n) is 49.7. The second-order valence-corrected chi connectivity index (χ2v) is 20.8. The van der Waals surface area contributed by atoms with Gasteiger partial charge >= 0.3 is 11.9 Å². The fourth-order valence-electron chi connectivity index (χ4n) is 5.22. The quantitative estimate of drug-likeness (QED) is 0.0424. The molecule has 0 amide bonds. The van der Waals surface area contributed by atoms with E-state index in [0.29, 0.717) is 48.7 Å². The largest absolute Gasteiger partial charge is 0.486 e. The van der Waals surface area contributed by atoms with Gasteiger partial charge in [0.25, 0.3) is 0 Å². The number of benzene rings is 4. The van der Waals surface area contributed by atoms with Crippen LogP contribution >= 0.6 is 23.5 Å². The molecule has 0 aliphatic heterocycles. The molecular formula is C63H83NO15S2. The Balaban J connectivity index is 0. The number of rotatable bonds is 19. The molecule has 0 unspecified atom stereocenters. The summed E-state index contributed by atoms with van der Waals surface area (Å²) in [5.41, 5.74) is -0.436. The maximum atomic E-state index is 11.1. The van der Waals surface area contributed by atoms with E-state index in [1.165, 1.54) is 45.7 Å². The van der Waals surface area contributed by atoms with Crippen LogP contribution in [0.1, 0.15) is 161 Å². The molecule has 4 aromatic carbocycles. The van der Waals surface area contributed by atoms with Crippen LogP contribution in [0.15, 0.2) is 137 Å². The molecule has 16 nitrogen and oxygen atoms in total. The van der Waals surface area contributed by atoms with Crippen LogP contribution < -0.4 is 9.47 Å². The van der Waals surface area contributed by atoms with Gasteiger partial charge in [0.2, 0.25) is 0 Å². The molecule has 0 radical (unpaired) electrons. The molecule has 0 atom stereocenters. The highest BCUT2D eigenvalue weighted by Crippen LogP contribution is 2.41. The highest BCUT2D eigenvalue weighted by Gasteiger charge is 2.31. The van der Waals surface area contributed by atoms with Crippen LogP contribution in [-0.2, 0) is 47.8 Å². The molecule has 5 aromatic rings. The average Bonchev–Trinajstić information content (AvgIpc) is 4.13. The van der Waals surface area contributed by atoms with Gasteiger partial charge in [-0.05, 0) is 157 Å². The number of esters is 2. The molecule has 18 heteroatoms. The number of hydrogen-bond donors (Lipinski definition) is 0. The number of carbonyl (C=O) groups is 10. The molecule has 1 aliphatic rings. The average molecular weight is 1160 g/mol. The number of ether oxygens (including phenoxy) is 4. The third-order valence-corrected chi connectivity index (χ3v) is 11.9. The summed E-state index contributed by atoms with van der Waals surface area (Å²) < 4.78 is 25.1. The normalized spacial score (nSPS) is 10.7. The van der Waals surface area contributed by atoms with Crippen LogP contribution in [0.2, 0.25) is 0 Å². The van der Waals surface area contributed by atoms with E-state index in [9.17, 15) is 47.9 Å². The zero-order valence-corrected chi connectivity index (χ0v) is 51.4. The van der Waals surface area contributed by atoms with Gasteiger partial charge in [-0.25, -0.2) is 4.79 Å². The van der Waals surface area contributed by atoms with Crippen molar-refractivity contribution in [3.8, 4) is 11.5 Å². The van der Waals surface area contributed by atoms with Crippen molar-refractivity contribution in [3.63, 3.8) is 0 Å². The van der Waals surface area contributed by atoms with E-state index in [4.69, 9.17) is 23.5 Å². The zero-order chi connectivity index (χ0) is 62.0. The van der Waals surface area contributed by atoms with Crippen molar-refractivity contribution in [1.82, 2.24) is 5.16 Å². The molecule has 1 heterocycles. The number of ketones is 7. The van der Waals surface area contributed by atoms with Crippen LogP contribution in [0.3, 0.4) is 0 Å². The molecule has 442 valence electrons. The van der Waals surface area contributed by atoms with Gasteiger partial charge in [0.1, 0.15) is 35.5 Å². The van der Waals surface area contributed by atoms with Gasteiger partial charge in [0.05, 0.1) is 29.7 Å². The minimum Gasteiger partial charge on any atom is -0.486 e. The first-order valence-corrected chi connectivity index (χ1v) is 28.2. The minimum atomic E-state index is -0.966. The first kappa shape index (κ1) is 75.8. The Hall–Kier alpha value is -7.31. The maximum Gasteiger partial charge on any atom is 0.338 e. The van der Waals surface area contributed by atoms with E-state index in [0.717, 1.165) is 35.0 Å². The van der Waals surface area contributed by atoms with E-state index in [1.807, 2.05) is 109 Å². The lowest BCUT2D eigenvalue weighted by Crippen LogP contribution is -2.36. The Morgan fingerprint density at radius 2 is 1.04 bits per heavy atom. The summed E-state index contributed by atoms with van der Waals surface area (Å²) in [4.78, 5) is 107. The topological polar surface area (TPSA) is 234 Å². The molecule has 0 bridgehead atoms. The first-order valence-electron chi connectivity index (χ1n) is 26.0. The predicted molar refractivity (Wildman–Crippen MR) is 319 cm³/mol. The van der Waals surface area contributed by atoms with Gasteiger partial charge < -0.3 is 33.1 Å². The fourth-order valence-corrected chi connectivity index (χ4v) is 5.94. The molecule has 1 fully saturated rings. The van der Waals surface area contributed by atoms with Gasteiger partial charge in [-0.1, -0.05) is 89.7 Å². The summed E-state index contributed by atoms with van der Waals surface area (Å²) in [6, 6.07) is 37.5. The van der Waals surface area contributed by atoms with Crippen molar-refractivity contribution < 1.29 is 71.4 Å². The Bertz CT molecular complexity index is 2580. The summed E-state index contributed by atoms with van der Waals surface area (Å²) in [7, 11) is 0. The highest BCUT2D eigenvalue weighted by atomic mass is 32.2. The number of aromatic nitrogens is 1. The Morgan fingerprint density at radius 1 is 0.593 bits per heavy atom. The van der Waals surface area contributed by atoms with E-state index in [1.54, 1.807) is 99.4 Å². The van der Waals surface area contributed by atoms with Crippen molar-refractivity contribution in [1.29, 1.82) is 0 Å². The van der Waals surface area contributed by atoms with Crippen molar-refractivity contribution in [2.24, 2.45) is 0 Å². The fraction of sp³-hybridized carbons (Fsp3) is 0.413.